The molecule has 0 aliphatic carbocycles. The smallest absolute Gasteiger partial charge is 0.387 e. The van der Waals surface area contributed by atoms with Gasteiger partial charge in [-0.15, -0.1) is 0 Å². The molecule has 8 heavy (non-hydrogen) atoms. The summed E-state index contributed by atoms with van der Waals surface area (Å²) in [4.78, 5) is 0. The summed E-state index contributed by atoms with van der Waals surface area (Å²) in [5, 5.41) is 0. The van der Waals surface area contributed by atoms with Crippen molar-refractivity contribution in [3.63, 3.8) is 0 Å². The van der Waals surface area contributed by atoms with Crippen molar-refractivity contribution in [2.24, 2.45) is 0 Å². The largest absolute Gasteiger partial charge is 2.00 e. The van der Waals surface area contributed by atoms with Crippen LogP contribution in [0, 0.1) is 13.8 Å². The van der Waals surface area contributed by atoms with Crippen LogP contribution in [-0.2, 0) is 24.2 Å². The molecular weight excluding hydrogens is 153 g/mol. The van der Waals surface area contributed by atoms with Gasteiger partial charge in [0, 0.05) is 13.2 Å². The van der Waals surface area contributed by atoms with Crippen LogP contribution < -0.4 is 0 Å². The summed E-state index contributed by atoms with van der Waals surface area (Å²) in [5.74, 6) is 0. The normalized spacial score (nSPS) is 18.0. The molecule has 0 atom stereocenters. The SMILES string of the molecule is [CH-]1CCOCC1.[CH3-].[Zn+2]. The third-order valence-electron chi connectivity index (χ3n) is 0.933. The average molecular weight is 166 g/mol. The maximum atomic E-state index is 5.04. The summed E-state index contributed by atoms with van der Waals surface area (Å²) >= 11 is 0. The second-order valence-corrected chi connectivity index (χ2v) is 1.48. The van der Waals surface area contributed by atoms with Gasteiger partial charge in [0.25, 0.3) is 0 Å². The summed E-state index contributed by atoms with van der Waals surface area (Å²) in [7, 11) is 0. The van der Waals surface area contributed by atoms with Crippen LogP contribution in [-0.4, -0.2) is 13.2 Å². The van der Waals surface area contributed by atoms with E-state index in [-0.39, 0.29) is 26.9 Å². The molecule has 0 aromatic rings. The molecule has 0 amide bonds. The number of ether oxygens (including phenoxy) is 1. The molecule has 0 aromatic heterocycles. The monoisotopic (exact) mass is 164 g/mol. The van der Waals surface area contributed by atoms with E-state index >= 15 is 0 Å². The molecule has 1 aliphatic heterocycles. The Labute approximate surface area is 64.6 Å². The van der Waals surface area contributed by atoms with Crippen molar-refractivity contribution >= 4 is 0 Å². The van der Waals surface area contributed by atoms with E-state index in [0.29, 0.717) is 0 Å². The van der Waals surface area contributed by atoms with E-state index in [0.717, 1.165) is 26.1 Å². The van der Waals surface area contributed by atoms with Crippen molar-refractivity contribution in [2.75, 3.05) is 13.2 Å². The zero-order valence-corrected chi connectivity index (χ0v) is 8.49. The molecular formula is C6H12OZn. The fraction of sp³-hybridized carbons (Fsp3) is 0.667. The first-order valence-electron chi connectivity index (χ1n) is 2.39. The summed E-state index contributed by atoms with van der Waals surface area (Å²) < 4.78 is 5.04. The second-order valence-electron chi connectivity index (χ2n) is 1.48. The minimum atomic E-state index is 0. The first kappa shape index (κ1) is 11.4. The molecule has 0 aromatic carbocycles. The van der Waals surface area contributed by atoms with E-state index in [1.54, 1.807) is 0 Å². The molecule has 0 saturated carbocycles. The van der Waals surface area contributed by atoms with Gasteiger partial charge in [0.05, 0.1) is 0 Å². The van der Waals surface area contributed by atoms with E-state index in [1.807, 2.05) is 0 Å². The minimum absolute atomic E-state index is 0. The zero-order valence-electron chi connectivity index (χ0n) is 5.52. The Kier molecular flexibility index (Phi) is 10.8. The molecule has 1 heterocycles. The molecule has 0 unspecified atom stereocenters. The maximum absolute atomic E-state index is 5.04. The fourth-order valence-corrected chi connectivity index (χ4v) is 0.580. The molecule has 0 radical (unpaired) electrons. The Hall–Kier alpha value is 0.583. The number of hydrogen-bond donors (Lipinski definition) is 0. The van der Waals surface area contributed by atoms with E-state index in [2.05, 4.69) is 6.42 Å². The van der Waals surface area contributed by atoms with Gasteiger partial charge in [0.15, 0.2) is 0 Å². The van der Waals surface area contributed by atoms with Crippen molar-refractivity contribution in [3.8, 4) is 0 Å². The van der Waals surface area contributed by atoms with Crippen LogP contribution in [0.15, 0.2) is 0 Å². The molecule has 2 heteroatoms. The van der Waals surface area contributed by atoms with Crippen molar-refractivity contribution in [2.45, 2.75) is 12.8 Å². The number of rotatable bonds is 0. The zero-order chi connectivity index (χ0) is 4.24. The third kappa shape index (κ3) is 4.74. The van der Waals surface area contributed by atoms with Crippen LogP contribution in [0.5, 0.6) is 0 Å². The third-order valence-corrected chi connectivity index (χ3v) is 0.933. The molecule has 1 fully saturated rings. The van der Waals surface area contributed by atoms with Crippen LogP contribution in [0.4, 0.5) is 0 Å². The van der Waals surface area contributed by atoms with E-state index < -0.39 is 0 Å². The van der Waals surface area contributed by atoms with Crippen molar-refractivity contribution < 1.29 is 24.2 Å². The average Bonchev–Trinajstić information content (AvgIpc) is 1.72. The fourth-order valence-electron chi connectivity index (χ4n) is 0.580. The van der Waals surface area contributed by atoms with Crippen LogP contribution in [0.2, 0.25) is 0 Å². The molecule has 0 spiro atoms. The predicted octanol–water partition coefficient (Wildman–Crippen LogP) is 1.45. The van der Waals surface area contributed by atoms with Crippen LogP contribution in [0.1, 0.15) is 12.8 Å². The van der Waals surface area contributed by atoms with Gasteiger partial charge in [-0.3, -0.25) is 0 Å². The van der Waals surface area contributed by atoms with Crippen LogP contribution in [0.3, 0.4) is 0 Å². The minimum Gasteiger partial charge on any atom is -0.387 e. The molecule has 1 nitrogen and oxygen atoms in total. The van der Waals surface area contributed by atoms with Crippen molar-refractivity contribution in [1.29, 1.82) is 0 Å². The van der Waals surface area contributed by atoms with Gasteiger partial charge in [0.2, 0.25) is 0 Å². The standard InChI is InChI=1S/C5H9O.CH3.Zn/c1-2-4-6-5-3-1;;/h1H,2-5H2;1H3;/q2*-1;+2. The molecule has 0 N–H and O–H groups in total. The first-order chi connectivity index (χ1) is 3.00. The summed E-state index contributed by atoms with van der Waals surface area (Å²) in [5.41, 5.74) is 0. The number of hydrogen-bond acceptors (Lipinski definition) is 1. The Morgan fingerprint density at radius 2 is 1.62 bits per heavy atom. The Bertz CT molecular complexity index is 24.0. The van der Waals surface area contributed by atoms with Crippen LogP contribution in [0.25, 0.3) is 0 Å². The van der Waals surface area contributed by atoms with Crippen LogP contribution >= 0.6 is 0 Å². The van der Waals surface area contributed by atoms with Gasteiger partial charge in [-0.05, 0) is 0 Å². The molecule has 1 rings (SSSR count). The molecule has 0 bridgehead atoms. The molecule has 44 valence electrons. The van der Waals surface area contributed by atoms with Gasteiger partial charge < -0.3 is 18.6 Å². The van der Waals surface area contributed by atoms with Crippen molar-refractivity contribution in [1.82, 2.24) is 0 Å². The Balaban J connectivity index is 0. The topological polar surface area (TPSA) is 9.23 Å². The molecule has 1 saturated heterocycles. The van der Waals surface area contributed by atoms with E-state index in [9.17, 15) is 0 Å². The summed E-state index contributed by atoms with van der Waals surface area (Å²) in [6, 6.07) is 0. The van der Waals surface area contributed by atoms with Gasteiger partial charge in [0.1, 0.15) is 0 Å². The first-order valence-corrected chi connectivity index (χ1v) is 2.39. The Morgan fingerprint density at radius 3 is 1.75 bits per heavy atom. The summed E-state index contributed by atoms with van der Waals surface area (Å²) in [6.45, 7) is 1.89. The van der Waals surface area contributed by atoms with E-state index in [1.165, 1.54) is 0 Å². The maximum Gasteiger partial charge on any atom is 2.00 e. The predicted molar refractivity (Wildman–Crippen MR) is 30.8 cm³/mol. The van der Waals surface area contributed by atoms with Gasteiger partial charge in [-0.2, -0.15) is 12.8 Å². The molecule has 1 aliphatic rings. The quantitative estimate of drug-likeness (QED) is 0.390. The van der Waals surface area contributed by atoms with Crippen molar-refractivity contribution in [3.05, 3.63) is 13.8 Å². The van der Waals surface area contributed by atoms with Gasteiger partial charge in [-0.1, -0.05) is 0 Å². The van der Waals surface area contributed by atoms with E-state index in [4.69, 9.17) is 4.74 Å². The Morgan fingerprint density at radius 1 is 1.12 bits per heavy atom. The van der Waals surface area contributed by atoms with Gasteiger partial charge in [-0.25, -0.2) is 0 Å². The second kappa shape index (κ2) is 7.58. The summed E-state index contributed by atoms with van der Waals surface area (Å²) in [6.07, 6.45) is 4.57. The van der Waals surface area contributed by atoms with Gasteiger partial charge >= 0.3 is 19.5 Å².